The highest BCUT2D eigenvalue weighted by atomic mass is 32.2. The highest BCUT2D eigenvalue weighted by Gasteiger charge is 2.36. The van der Waals surface area contributed by atoms with Crippen LogP contribution in [-0.4, -0.2) is 66.4 Å². The Labute approximate surface area is 263 Å². The predicted molar refractivity (Wildman–Crippen MR) is 190 cm³/mol. The molecule has 2 amide bonds. The lowest BCUT2D eigenvalue weighted by molar-refractivity contribution is 0.0880. The molecule has 0 bridgehead atoms. The summed E-state index contributed by atoms with van der Waals surface area (Å²) >= 11 is 2.03. The number of anilines is 1. The quantitative estimate of drug-likeness (QED) is 0.229. The third-order valence-corrected chi connectivity index (χ3v) is 9.04. The van der Waals surface area contributed by atoms with Gasteiger partial charge in [0.05, 0.1) is 22.2 Å². The number of benzene rings is 3. The molecule has 3 aliphatic heterocycles. The minimum absolute atomic E-state index is 0.285. The molecule has 0 unspecified atom stereocenters. The summed E-state index contributed by atoms with van der Waals surface area (Å²) in [5.41, 5.74) is 6.68. The predicted octanol–water partition coefficient (Wildman–Crippen LogP) is 8.61. The van der Waals surface area contributed by atoms with E-state index in [2.05, 4.69) is 64.4 Å². The van der Waals surface area contributed by atoms with E-state index in [4.69, 9.17) is 0 Å². The minimum atomic E-state index is -0.291. The fourth-order valence-corrected chi connectivity index (χ4v) is 7.43. The second-order valence-electron chi connectivity index (χ2n) is 10.2. The molecule has 7 rings (SSSR count). The summed E-state index contributed by atoms with van der Waals surface area (Å²) in [5, 5.41) is 6.41. The first-order valence-corrected chi connectivity index (χ1v) is 17.6. The van der Waals surface area contributed by atoms with Gasteiger partial charge in [0, 0.05) is 72.0 Å². The molecule has 3 aliphatic rings. The van der Waals surface area contributed by atoms with Crippen molar-refractivity contribution < 1.29 is 9.59 Å². The summed E-state index contributed by atoms with van der Waals surface area (Å²) in [4.78, 5) is 34.8. The normalized spacial score (nSPS) is 16.1. The van der Waals surface area contributed by atoms with Crippen LogP contribution in [0, 0.1) is 0 Å². The maximum absolute atomic E-state index is 13.2. The third kappa shape index (κ3) is 6.16. The van der Waals surface area contributed by atoms with E-state index in [-0.39, 0.29) is 11.8 Å². The summed E-state index contributed by atoms with van der Waals surface area (Å²) in [6.07, 6.45) is 0.952. The Morgan fingerprint density at radius 2 is 1.40 bits per heavy atom. The summed E-state index contributed by atoms with van der Waals surface area (Å²) in [7, 11) is 2.07. The molecule has 4 aromatic rings. The number of carbonyl (C=O) groups excluding carboxylic acids is 2. The molecular formula is C36H52N4O2S. The van der Waals surface area contributed by atoms with Gasteiger partial charge in [-0.3, -0.25) is 14.9 Å². The van der Waals surface area contributed by atoms with Gasteiger partial charge in [-0.25, -0.2) is 0 Å². The molecular weight excluding hydrogens is 552 g/mol. The van der Waals surface area contributed by atoms with Gasteiger partial charge in [0.2, 0.25) is 0 Å². The van der Waals surface area contributed by atoms with Crippen LogP contribution in [0.1, 0.15) is 100 Å². The number of likely N-dealkylation sites (N-methyl/N-ethyl adjacent to an activating group) is 1. The number of hydrogen-bond donors (Lipinski definition) is 2. The van der Waals surface area contributed by atoms with E-state index < -0.39 is 0 Å². The van der Waals surface area contributed by atoms with Gasteiger partial charge in [0.25, 0.3) is 11.8 Å². The largest absolute Gasteiger partial charge is 0.374 e. The molecule has 43 heavy (non-hydrogen) atoms. The number of imide groups is 1. The average Bonchev–Trinajstić information content (AvgIpc) is 3.73. The fourth-order valence-electron chi connectivity index (χ4n) is 6.45. The SMILES string of the molecule is CC.CC.CC.CC.C[C@H](CN1CCSCC1)c1cccc2c1[nH]c1c3ccc4c(c3c3c(c21)C(=O)NC3=O)N(C)CC4. The smallest absolute Gasteiger partial charge is 0.259 e. The monoisotopic (exact) mass is 604 g/mol. The van der Waals surface area contributed by atoms with Crippen molar-refractivity contribution in [3.8, 4) is 0 Å². The van der Waals surface area contributed by atoms with Crippen LogP contribution < -0.4 is 10.2 Å². The highest BCUT2D eigenvalue weighted by Crippen LogP contribution is 2.46. The van der Waals surface area contributed by atoms with Gasteiger partial charge in [0.1, 0.15) is 0 Å². The van der Waals surface area contributed by atoms with Gasteiger partial charge in [0.15, 0.2) is 0 Å². The van der Waals surface area contributed by atoms with Crippen molar-refractivity contribution in [2.75, 3.05) is 49.6 Å². The number of rotatable bonds is 3. The number of aromatic nitrogens is 1. The van der Waals surface area contributed by atoms with Crippen LogP contribution in [0.3, 0.4) is 0 Å². The summed E-state index contributed by atoms with van der Waals surface area (Å²) in [6, 6.07) is 10.7. The van der Waals surface area contributed by atoms with Gasteiger partial charge in [-0.1, -0.05) is 92.6 Å². The first-order valence-electron chi connectivity index (χ1n) is 16.5. The molecule has 1 fully saturated rings. The van der Waals surface area contributed by atoms with Crippen molar-refractivity contribution >= 4 is 61.8 Å². The van der Waals surface area contributed by atoms with E-state index >= 15 is 0 Å². The topological polar surface area (TPSA) is 68.4 Å². The van der Waals surface area contributed by atoms with Gasteiger partial charge >= 0.3 is 0 Å². The number of fused-ring (bicyclic) bond motifs is 10. The van der Waals surface area contributed by atoms with Crippen LogP contribution in [0.5, 0.6) is 0 Å². The number of hydrogen-bond acceptors (Lipinski definition) is 5. The second-order valence-corrected chi connectivity index (χ2v) is 11.4. The summed E-state index contributed by atoms with van der Waals surface area (Å²) in [5.74, 6) is 2.17. The number of nitrogens with zero attached hydrogens (tertiary/aromatic N) is 2. The lowest BCUT2D eigenvalue weighted by atomic mass is 9.91. The van der Waals surface area contributed by atoms with Crippen LogP contribution in [0.25, 0.3) is 32.6 Å². The molecule has 1 atom stereocenters. The Morgan fingerprint density at radius 3 is 2.05 bits per heavy atom. The number of thioether (sulfide) groups is 1. The first-order chi connectivity index (χ1) is 21.0. The molecule has 0 spiro atoms. The second kappa shape index (κ2) is 15.6. The van der Waals surface area contributed by atoms with Crippen LogP contribution in [0.4, 0.5) is 5.69 Å². The van der Waals surface area contributed by atoms with Gasteiger partial charge in [-0.2, -0.15) is 11.8 Å². The maximum Gasteiger partial charge on any atom is 0.259 e. The maximum atomic E-state index is 13.2. The number of para-hydroxylation sites is 1. The van der Waals surface area contributed by atoms with E-state index in [9.17, 15) is 9.59 Å². The Morgan fingerprint density at radius 1 is 0.791 bits per heavy atom. The van der Waals surface area contributed by atoms with Gasteiger partial charge in [-0.05, 0) is 23.5 Å². The molecule has 7 heteroatoms. The van der Waals surface area contributed by atoms with Crippen LogP contribution >= 0.6 is 11.8 Å². The zero-order valence-corrected chi connectivity index (χ0v) is 28.8. The average molecular weight is 605 g/mol. The van der Waals surface area contributed by atoms with E-state index in [0.29, 0.717) is 17.0 Å². The molecule has 3 aromatic carbocycles. The van der Waals surface area contributed by atoms with E-state index in [1.54, 1.807) is 0 Å². The lowest BCUT2D eigenvalue weighted by Crippen LogP contribution is -2.35. The van der Waals surface area contributed by atoms with Crippen molar-refractivity contribution in [3.05, 3.63) is 52.6 Å². The van der Waals surface area contributed by atoms with E-state index in [1.807, 2.05) is 67.2 Å². The Balaban J connectivity index is 0.000000588. The van der Waals surface area contributed by atoms with Crippen molar-refractivity contribution in [3.63, 3.8) is 0 Å². The molecule has 0 aliphatic carbocycles. The third-order valence-electron chi connectivity index (χ3n) is 8.09. The Hall–Kier alpha value is -3.03. The number of nitrogens with one attached hydrogen (secondary N) is 2. The van der Waals surface area contributed by atoms with Crippen LogP contribution in [0.15, 0.2) is 30.3 Å². The Kier molecular flexibility index (Phi) is 12.5. The molecule has 0 radical (unpaired) electrons. The zero-order chi connectivity index (χ0) is 31.8. The van der Waals surface area contributed by atoms with Gasteiger partial charge in [-0.15, -0.1) is 0 Å². The fraction of sp³-hybridized carbons (Fsp3) is 0.500. The van der Waals surface area contributed by atoms with Crippen molar-refractivity contribution in [1.29, 1.82) is 0 Å². The zero-order valence-electron chi connectivity index (χ0n) is 28.0. The lowest BCUT2D eigenvalue weighted by Gasteiger charge is -2.29. The van der Waals surface area contributed by atoms with Crippen LogP contribution in [-0.2, 0) is 6.42 Å². The molecule has 234 valence electrons. The Bertz CT molecular complexity index is 1570. The molecule has 4 heterocycles. The summed E-state index contributed by atoms with van der Waals surface area (Å²) in [6.45, 7) is 22.5. The summed E-state index contributed by atoms with van der Waals surface area (Å²) < 4.78 is 0. The van der Waals surface area contributed by atoms with E-state index in [1.165, 1.54) is 22.6 Å². The number of amides is 2. The number of carbonyl (C=O) groups is 2. The van der Waals surface area contributed by atoms with Gasteiger partial charge < -0.3 is 14.8 Å². The standard InChI is InChI=1S/C28H28N4O2S.4C2H6/c1-15(14-32-10-12-35-13-11-32)17-4-3-5-18-20-22-23(28(34)30-27(22)33)21-19(25(20)29-24(17)18)7-6-16-8-9-31(2)26(16)21;4*1-2/h3-7,15,29H,8-14H2,1-2H3,(H,30,33,34);4*1-2H3/t15-;;;;/m1..../s1. The first kappa shape index (κ1) is 34.5. The molecule has 1 saturated heterocycles. The van der Waals surface area contributed by atoms with Crippen molar-refractivity contribution in [2.24, 2.45) is 0 Å². The van der Waals surface area contributed by atoms with Crippen LogP contribution in [0.2, 0.25) is 0 Å². The minimum Gasteiger partial charge on any atom is -0.374 e. The number of H-pyrrole nitrogens is 1. The van der Waals surface area contributed by atoms with Crippen molar-refractivity contribution in [1.82, 2.24) is 15.2 Å². The molecule has 0 saturated carbocycles. The number of aromatic amines is 1. The highest BCUT2D eigenvalue weighted by molar-refractivity contribution is 7.99. The van der Waals surface area contributed by atoms with Crippen molar-refractivity contribution in [2.45, 2.75) is 74.7 Å². The molecule has 2 N–H and O–H groups in total. The molecule has 6 nitrogen and oxygen atoms in total. The molecule has 1 aromatic heterocycles. The van der Waals surface area contributed by atoms with E-state index in [0.717, 1.165) is 70.9 Å².